The van der Waals surface area contributed by atoms with Crippen LogP contribution in [0.4, 0.5) is 0 Å². The van der Waals surface area contributed by atoms with E-state index in [9.17, 15) is 9.90 Å². The zero-order chi connectivity index (χ0) is 15.6. The second kappa shape index (κ2) is 5.97. The van der Waals surface area contributed by atoms with E-state index in [0.29, 0.717) is 5.56 Å². The Kier molecular flexibility index (Phi) is 4.03. The molecule has 0 saturated heterocycles. The number of aliphatic hydroxyl groups excluding tert-OH is 1. The monoisotopic (exact) mass is 299 g/mol. The van der Waals surface area contributed by atoms with Crippen LogP contribution in [0.5, 0.6) is 0 Å². The molecule has 0 radical (unpaired) electrons. The Labute approximate surface area is 130 Å². The van der Waals surface area contributed by atoms with Crippen LogP contribution in [0.2, 0.25) is 0 Å². The van der Waals surface area contributed by atoms with E-state index < -0.39 is 0 Å². The van der Waals surface area contributed by atoms with Gasteiger partial charge in [0, 0.05) is 22.6 Å². The summed E-state index contributed by atoms with van der Waals surface area (Å²) in [5.41, 5.74) is 2.33. The molecule has 0 spiro atoms. The first-order valence-corrected chi connectivity index (χ1v) is 7.67. The fraction of sp³-hybridized carbons (Fsp3) is 0.389. The maximum atomic E-state index is 12.5. The van der Waals surface area contributed by atoms with Crippen LogP contribution < -0.4 is 5.32 Å². The largest absolute Gasteiger partial charge is 0.472 e. The molecule has 1 aromatic carbocycles. The molecule has 2 unspecified atom stereocenters. The summed E-state index contributed by atoms with van der Waals surface area (Å²) in [5, 5.41) is 12.7. The molecule has 0 bridgehead atoms. The van der Waals surface area contributed by atoms with Crippen LogP contribution in [0, 0.1) is 5.41 Å². The zero-order valence-electron chi connectivity index (χ0n) is 12.7. The molecular formula is C18H21NO3. The number of hydrogen-bond donors (Lipinski definition) is 2. The maximum absolute atomic E-state index is 12.5. The molecule has 2 aromatic rings. The number of benzene rings is 1. The highest BCUT2D eigenvalue weighted by atomic mass is 16.3. The molecule has 1 fully saturated rings. The standard InChI is InChI=1S/C18H21NO3/c1-18(12-20)8-3-6-16(18)19-17(21)14-5-2-4-13(10-14)15-7-9-22-11-15/h2,4-5,7,9-11,16,20H,3,6,8,12H2,1H3,(H,19,21). The molecule has 1 aromatic heterocycles. The van der Waals surface area contributed by atoms with E-state index >= 15 is 0 Å². The number of aliphatic hydroxyl groups is 1. The quantitative estimate of drug-likeness (QED) is 0.911. The fourth-order valence-corrected chi connectivity index (χ4v) is 3.18. The van der Waals surface area contributed by atoms with Crippen molar-refractivity contribution in [3.63, 3.8) is 0 Å². The Morgan fingerprint density at radius 3 is 3.00 bits per heavy atom. The van der Waals surface area contributed by atoms with E-state index in [1.54, 1.807) is 12.5 Å². The van der Waals surface area contributed by atoms with Crippen molar-refractivity contribution < 1.29 is 14.3 Å². The van der Waals surface area contributed by atoms with E-state index in [2.05, 4.69) is 5.32 Å². The maximum Gasteiger partial charge on any atom is 0.251 e. The van der Waals surface area contributed by atoms with Gasteiger partial charge in [0.15, 0.2) is 0 Å². The number of furan rings is 1. The van der Waals surface area contributed by atoms with Gasteiger partial charge in [0.05, 0.1) is 19.1 Å². The summed E-state index contributed by atoms with van der Waals surface area (Å²) in [5.74, 6) is -0.0862. The summed E-state index contributed by atoms with van der Waals surface area (Å²) >= 11 is 0. The van der Waals surface area contributed by atoms with Crippen molar-refractivity contribution in [2.45, 2.75) is 32.2 Å². The minimum absolute atomic E-state index is 0.0302. The lowest BCUT2D eigenvalue weighted by molar-refractivity contribution is 0.0830. The predicted molar refractivity (Wildman–Crippen MR) is 84.4 cm³/mol. The van der Waals surface area contributed by atoms with Gasteiger partial charge in [-0.2, -0.15) is 0 Å². The van der Waals surface area contributed by atoms with Gasteiger partial charge in [-0.1, -0.05) is 25.5 Å². The molecule has 3 rings (SSSR count). The van der Waals surface area contributed by atoms with Crippen LogP contribution in [-0.4, -0.2) is 23.7 Å². The van der Waals surface area contributed by atoms with Crippen LogP contribution in [0.25, 0.3) is 11.1 Å². The molecule has 2 atom stereocenters. The van der Waals surface area contributed by atoms with Crippen LogP contribution in [0.3, 0.4) is 0 Å². The van der Waals surface area contributed by atoms with E-state index in [0.717, 1.165) is 30.4 Å². The van der Waals surface area contributed by atoms with Crippen molar-refractivity contribution in [1.29, 1.82) is 0 Å². The van der Waals surface area contributed by atoms with Gasteiger partial charge >= 0.3 is 0 Å². The molecule has 0 aliphatic heterocycles. The lowest BCUT2D eigenvalue weighted by Gasteiger charge is -2.30. The first kappa shape index (κ1) is 14.9. The average Bonchev–Trinajstić information content (AvgIpc) is 3.19. The average molecular weight is 299 g/mol. The first-order valence-electron chi connectivity index (χ1n) is 7.67. The number of nitrogens with one attached hydrogen (secondary N) is 1. The third kappa shape index (κ3) is 2.79. The summed E-state index contributed by atoms with van der Waals surface area (Å²) in [6.45, 7) is 2.14. The predicted octanol–water partition coefficient (Wildman–Crippen LogP) is 3.23. The first-order chi connectivity index (χ1) is 10.6. The second-order valence-corrected chi connectivity index (χ2v) is 6.32. The van der Waals surface area contributed by atoms with Crippen molar-refractivity contribution in [2.24, 2.45) is 5.41 Å². The summed E-state index contributed by atoms with van der Waals surface area (Å²) in [7, 11) is 0. The van der Waals surface area contributed by atoms with Gasteiger partial charge in [-0.3, -0.25) is 4.79 Å². The Bertz CT molecular complexity index is 650. The molecule has 4 heteroatoms. The molecule has 2 N–H and O–H groups in total. The van der Waals surface area contributed by atoms with Crippen LogP contribution >= 0.6 is 0 Å². The van der Waals surface area contributed by atoms with Crippen LogP contribution in [0.1, 0.15) is 36.5 Å². The number of hydrogen-bond acceptors (Lipinski definition) is 3. The smallest absolute Gasteiger partial charge is 0.251 e. The molecule has 1 amide bonds. The Balaban J connectivity index is 1.77. The van der Waals surface area contributed by atoms with E-state index in [1.165, 1.54) is 0 Å². The van der Waals surface area contributed by atoms with Gasteiger partial charge in [0.25, 0.3) is 5.91 Å². The zero-order valence-corrected chi connectivity index (χ0v) is 12.7. The summed E-state index contributed by atoms with van der Waals surface area (Å²) < 4.78 is 5.09. The topological polar surface area (TPSA) is 62.5 Å². The van der Waals surface area contributed by atoms with E-state index in [1.807, 2.05) is 37.3 Å². The van der Waals surface area contributed by atoms with Crippen molar-refractivity contribution in [1.82, 2.24) is 5.32 Å². The van der Waals surface area contributed by atoms with Crippen molar-refractivity contribution in [2.75, 3.05) is 6.61 Å². The van der Waals surface area contributed by atoms with Gasteiger partial charge in [-0.15, -0.1) is 0 Å². The van der Waals surface area contributed by atoms with Gasteiger partial charge < -0.3 is 14.8 Å². The highest BCUT2D eigenvalue weighted by Crippen LogP contribution is 2.37. The SMILES string of the molecule is CC1(CO)CCCC1NC(=O)c1cccc(-c2ccoc2)c1. The van der Waals surface area contributed by atoms with Gasteiger partial charge in [0.1, 0.15) is 0 Å². The molecule has 1 aliphatic carbocycles. The minimum atomic E-state index is -0.210. The highest BCUT2D eigenvalue weighted by Gasteiger charge is 2.39. The normalized spacial score (nSPS) is 24.4. The third-order valence-corrected chi connectivity index (χ3v) is 4.73. The summed E-state index contributed by atoms with van der Waals surface area (Å²) in [6, 6.07) is 9.40. The summed E-state index contributed by atoms with van der Waals surface area (Å²) in [4.78, 5) is 12.5. The molecular weight excluding hydrogens is 278 g/mol. The van der Waals surface area contributed by atoms with Crippen LogP contribution in [-0.2, 0) is 0 Å². The Morgan fingerprint density at radius 1 is 1.41 bits per heavy atom. The molecule has 1 saturated carbocycles. The fourth-order valence-electron chi connectivity index (χ4n) is 3.18. The Hall–Kier alpha value is -2.07. The molecule has 4 nitrogen and oxygen atoms in total. The van der Waals surface area contributed by atoms with Gasteiger partial charge in [-0.05, 0) is 36.6 Å². The number of carbonyl (C=O) groups excluding carboxylic acids is 1. The highest BCUT2D eigenvalue weighted by molar-refractivity contribution is 5.95. The lowest BCUT2D eigenvalue weighted by atomic mass is 9.85. The van der Waals surface area contributed by atoms with Crippen molar-refractivity contribution in [3.05, 3.63) is 48.4 Å². The lowest BCUT2D eigenvalue weighted by Crippen LogP contribution is -2.44. The summed E-state index contributed by atoms with van der Waals surface area (Å²) in [6.07, 6.45) is 6.19. The third-order valence-electron chi connectivity index (χ3n) is 4.73. The van der Waals surface area contributed by atoms with Gasteiger partial charge in [-0.25, -0.2) is 0 Å². The number of amides is 1. The van der Waals surface area contributed by atoms with Gasteiger partial charge in [0.2, 0.25) is 0 Å². The number of carbonyl (C=O) groups is 1. The Morgan fingerprint density at radius 2 is 2.27 bits per heavy atom. The number of rotatable bonds is 4. The second-order valence-electron chi connectivity index (χ2n) is 6.32. The van der Waals surface area contributed by atoms with E-state index in [-0.39, 0.29) is 24.0 Å². The molecule has 22 heavy (non-hydrogen) atoms. The molecule has 1 aliphatic rings. The van der Waals surface area contributed by atoms with Crippen molar-refractivity contribution in [3.8, 4) is 11.1 Å². The van der Waals surface area contributed by atoms with Crippen LogP contribution in [0.15, 0.2) is 47.3 Å². The minimum Gasteiger partial charge on any atom is -0.472 e. The molecule has 1 heterocycles. The van der Waals surface area contributed by atoms with Crippen molar-refractivity contribution >= 4 is 5.91 Å². The van der Waals surface area contributed by atoms with E-state index in [4.69, 9.17) is 4.42 Å². The molecule has 116 valence electrons.